The van der Waals surface area contributed by atoms with E-state index < -0.39 is 0 Å². The van der Waals surface area contributed by atoms with Gasteiger partial charge >= 0.3 is 0 Å². The lowest BCUT2D eigenvalue weighted by molar-refractivity contribution is -0.0387. The SMILES string of the molecule is OCCCC[C@H]1Nc2ccc(Nc3ccccc3)cc2[C@@H]2OCCC[C@H]12. The molecule has 4 nitrogen and oxygen atoms in total. The lowest BCUT2D eigenvalue weighted by Gasteiger charge is -2.43. The Kier molecular flexibility index (Phi) is 5.42. The van der Waals surface area contributed by atoms with Crippen molar-refractivity contribution in [2.75, 3.05) is 23.8 Å². The predicted octanol–water partition coefficient (Wildman–Crippen LogP) is 4.85. The minimum atomic E-state index is 0.177. The fourth-order valence-corrected chi connectivity index (χ4v) is 4.30. The van der Waals surface area contributed by atoms with Gasteiger partial charge in [0.1, 0.15) is 0 Å². The zero-order valence-corrected chi connectivity index (χ0v) is 15.2. The van der Waals surface area contributed by atoms with E-state index >= 15 is 0 Å². The lowest BCUT2D eigenvalue weighted by atomic mass is 9.78. The van der Waals surface area contributed by atoms with Gasteiger partial charge < -0.3 is 20.5 Å². The molecule has 138 valence electrons. The minimum Gasteiger partial charge on any atom is -0.396 e. The molecule has 0 amide bonds. The van der Waals surface area contributed by atoms with Crippen molar-refractivity contribution in [2.45, 2.75) is 44.2 Å². The van der Waals surface area contributed by atoms with Crippen molar-refractivity contribution in [2.24, 2.45) is 5.92 Å². The normalized spacial score (nSPS) is 24.3. The largest absolute Gasteiger partial charge is 0.396 e. The van der Waals surface area contributed by atoms with Crippen LogP contribution in [0.3, 0.4) is 0 Å². The number of ether oxygens (including phenoxy) is 1. The summed E-state index contributed by atoms with van der Waals surface area (Å²) in [7, 11) is 0. The molecule has 0 aromatic heterocycles. The second kappa shape index (κ2) is 8.11. The van der Waals surface area contributed by atoms with Crippen LogP contribution in [0.5, 0.6) is 0 Å². The van der Waals surface area contributed by atoms with Crippen LogP contribution in [0.1, 0.15) is 43.8 Å². The van der Waals surface area contributed by atoms with Gasteiger partial charge in [-0.3, -0.25) is 0 Å². The molecule has 1 fully saturated rings. The van der Waals surface area contributed by atoms with Crippen LogP contribution in [0.4, 0.5) is 17.1 Å². The number of fused-ring (bicyclic) bond motifs is 3. The van der Waals surface area contributed by atoms with E-state index in [1.165, 1.54) is 17.7 Å². The Morgan fingerprint density at radius 3 is 2.81 bits per heavy atom. The molecule has 0 radical (unpaired) electrons. The van der Waals surface area contributed by atoms with Crippen molar-refractivity contribution in [1.29, 1.82) is 0 Å². The molecule has 2 aliphatic heterocycles. The molecule has 0 saturated carbocycles. The van der Waals surface area contributed by atoms with Crippen LogP contribution in [0.15, 0.2) is 48.5 Å². The van der Waals surface area contributed by atoms with E-state index in [2.05, 4.69) is 41.0 Å². The van der Waals surface area contributed by atoms with Crippen molar-refractivity contribution >= 4 is 17.1 Å². The molecule has 3 N–H and O–H groups in total. The van der Waals surface area contributed by atoms with Gasteiger partial charge in [0, 0.05) is 47.8 Å². The molecule has 0 bridgehead atoms. The summed E-state index contributed by atoms with van der Waals surface area (Å²) in [6.07, 6.45) is 5.54. The van der Waals surface area contributed by atoms with Crippen LogP contribution in [-0.2, 0) is 4.74 Å². The fourth-order valence-electron chi connectivity index (χ4n) is 4.30. The number of rotatable bonds is 6. The van der Waals surface area contributed by atoms with Crippen molar-refractivity contribution in [1.82, 2.24) is 0 Å². The molecule has 4 rings (SSSR count). The smallest absolute Gasteiger partial charge is 0.0893 e. The number of aliphatic hydroxyl groups is 1. The van der Waals surface area contributed by atoms with Gasteiger partial charge in [-0.05, 0) is 62.4 Å². The first-order valence-corrected chi connectivity index (χ1v) is 9.80. The molecule has 0 aliphatic carbocycles. The summed E-state index contributed by atoms with van der Waals surface area (Å²) in [6, 6.07) is 17.2. The molecule has 0 spiro atoms. The fraction of sp³-hybridized carbons (Fsp3) is 0.455. The number of nitrogens with one attached hydrogen (secondary N) is 2. The monoisotopic (exact) mass is 352 g/mol. The number of hydrogen-bond donors (Lipinski definition) is 3. The number of anilines is 3. The standard InChI is InChI=1S/C22H28N2O2/c25-13-5-4-10-20-18-9-6-14-26-22(18)19-15-17(11-12-21(19)24-20)23-16-7-2-1-3-8-16/h1-3,7-8,11-12,15,18,20,22-25H,4-6,9-10,13-14H2/t18-,20-,22-/m1/s1. The van der Waals surface area contributed by atoms with Crippen LogP contribution in [0.25, 0.3) is 0 Å². The van der Waals surface area contributed by atoms with Crippen LogP contribution in [0, 0.1) is 5.92 Å². The Balaban J connectivity index is 1.56. The third-order valence-corrected chi connectivity index (χ3v) is 5.57. The molecule has 2 aliphatic rings. The summed E-state index contributed by atoms with van der Waals surface area (Å²) in [5.41, 5.74) is 4.66. The average Bonchev–Trinajstić information content (AvgIpc) is 2.69. The Labute approximate surface area is 155 Å². The van der Waals surface area contributed by atoms with Crippen molar-refractivity contribution in [3.8, 4) is 0 Å². The maximum absolute atomic E-state index is 9.09. The zero-order chi connectivity index (χ0) is 17.8. The van der Waals surface area contributed by atoms with Gasteiger partial charge in [0.25, 0.3) is 0 Å². The Morgan fingerprint density at radius 2 is 1.96 bits per heavy atom. The van der Waals surface area contributed by atoms with Crippen molar-refractivity contribution in [3.63, 3.8) is 0 Å². The third kappa shape index (κ3) is 3.71. The molecule has 2 aromatic rings. The summed E-state index contributed by atoms with van der Waals surface area (Å²) in [6.45, 7) is 1.13. The van der Waals surface area contributed by atoms with Crippen LogP contribution in [-0.4, -0.2) is 24.4 Å². The molecule has 4 heteroatoms. The molecule has 2 aromatic carbocycles. The van der Waals surface area contributed by atoms with E-state index in [9.17, 15) is 0 Å². The van der Waals surface area contributed by atoms with E-state index in [-0.39, 0.29) is 12.7 Å². The topological polar surface area (TPSA) is 53.5 Å². The maximum Gasteiger partial charge on any atom is 0.0893 e. The molecule has 0 unspecified atom stereocenters. The average molecular weight is 352 g/mol. The van der Waals surface area contributed by atoms with Gasteiger partial charge in [-0.15, -0.1) is 0 Å². The quantitative estimate of drug-likeness (QED) is 0.650. The lowest BCUT2D eigenvalue weighted by Crippen LogP contribution is -2.41. The van der Waals surface area contributed by atoms with Crippen LogP contribution >= 0.6 is 0 Å². The van der Waals surface area contributed by atoms with E-state index in [1.54, 1.807) is 0 Å². The molecule has 3 atom stereocenters. The third-order valence-electron chi connectivity index (χ3n) is 5.57. The summed E-state index contributed by atoms with van der Waals surface area (Å²) in [4.78, 5) is 0. The van der Waals surface area contributed by atoms with Gasteiger partial charge in [-0.25, -0.2) is 0 Å². The number of aliphatic hydroxyl groups excluding tert-OH is 1. The van der Waals surface area contributed by atoms with Gasteiger partial charge in [0.2, 0.25) is 0 Å². The number of benzene rings is 2. The van der Waals surface area contributed by atoms with Crippen LogP contribution in [0.2, 0.25) is 0 Å². The van der Waals surface area contributed by atoms with E-state index in [0.29, 0.717) is 12.0 Å². The molecule has 1 saturated heterocycles. The zero-order valence-electron chi connectivity index (χ0n) is 15.2. The van der Waals surface area contributed by atoms with Crippen molar-refractivity contribution < 1.29 is 9.84 Å². The highest BCUT2D eigenvalue weighted by molar-refractivity contribution is 5.67. The summed E-state index contributed by atoms with van der Waals surface area (Å²) in [5.74, 6) is 0.516. The molecule has 2 heterocycles. The Morgan fingerprint density at radius 1 is 1.08 bits per heavy atom. The first-order valence-electron chi connectivity index (χ1n) is 9.80. The van der Waals surface area contributed by atoms with Crippen molar-refractivity contribution in [3.05, 3.63) is 54.1 Å². The van der Waals surface area contributed by atoms with E-state index in [1.807, 2.05) is 18.2 Å². The second-order valence-corrected chi connectivity index (χ2v) is 7.36. The highest BCUT2D eigenvalue weighted by atomic mass is 16.5. The second-order valence-electron chi connectivity index (χ2n) is 7.36. The highest BCUT2D eigenvalue weighted by Crippen LogP contribution is 2.45. The Bertz CT molecular complexity index is 719. The summed E-state index contributed by atoms with van der Waals surface area (Å²) in [5, 5.41) is 16.3. The summed E-state index contributed by atoms with van der Waals surface area (Å²) >= 11 is 0. The van der Waals surface area contributed by atoms with E-state index in [4.69, 9.17) is 9.84 Å². The van der Waals surface area contributed by atoms with Gasteiger partial charge in [0.15, 0.2) is 0 Å². The van der Waals surface area contributed by atoms with Crippen LogP contribution < -0.4 is 10.6 Å². The predicted molar refractivity (Wildman–Crippen MR) is 106 cm³/mol. The number of para-hydroxylation sites is 1. The highest BCUT2D eigenvalue weighted by Gasteiger charge is 2.38. The molecular formula is C22H28N2O2. The molecule has 26 heavy (non-hydrogen) atoms. The number of unbranched alkanes of at least 4 members (excludes halogenated alkanes) is 1. The minimum absolute atomic E-state index is 0.177. The van der Waals surface area contributed by atoms with Gasteiger partial charge in [-0.2, -0.15) is 0 Å². The first-order chi connectivity index (χ1) is 12.8. The summed E-state index contributed by atoms with van der Waals surface area (Å²) < 4.78 is 6.23. The first kappa shape index (κ1) is 17.4. The van der Waals surface area contributed by atoms with Gasteiger partial charge in [0.05, 0.1) is 6.10 Å². The Hall–Kier alpha value is -2.04. The number of hydrogen-bond acceptors (Lipinski definition) is 4. The van der Waals surface area contributed by atoms with E-state index in [0.717, 1.165) is 43.7 Å². The maximum atomic E-state index is 9.09. The molecular weight excluding hydrogens is 324 g/mol. The van der Waals surface area contributed by atoms with Gasteiger partial charge in [-0.1, -0.05) is 18.2 Å².